The van der Waals surface area contributed by atoms with Gasteiger partial charge in [0.2, 0.25) is 0 Å². The third kappa shape index (κ3) is 70.9. The molecule has 0 aromatic heterocycles. The molecule has 97 heavy (non-hydrogen) atoms. The second-order valence-corrected chi connectivity index (χ2v) is 31.7. The fourth-order valence-electron chi connectivity index (χ4n) is 12.0. The molecule has 0 saturated heterocycles. The van der Waals surface area contributed by atoms with Crippen molar-refractivity contribution in [2.75, 3.05) is 39.6 Å². The maximum atomic E-state index is 13.1. The minimum atomic E-state index is -4.96. The van der Waals surface area contributed by atoms with Gasteiger partial charge in [0.05, 0.1) is 26.4 Å². The smallest absolute Gasteiger partial charge is 0.462 e. The Kier molecular flexibility index (Phi) is 68.4. The summed E-state index contributed by atoms with van der Waals surface area (Å²) in [5, 5.41) is 10.6. The van der Waals surface area contributed by atoms with Crippen LogP contribution in [0.5, 0.6) is 0 Å². The van der Waals surface area contributed by atoms with E-state index in [1.165, 1.54) is 225 Å². The number of ether oxygens (including phenoxy) is 4. The Labute approximate surface area is 594 Å². The number of phosphoric ester groups is 2. The van der Waals surface area contributed by atoms with Crippen molar-refractivity contribution in [3.05, 3.63) is 0 Å². The largest absolute Gasteiger partial charge is 0.472 e. The van der Waals surface area contributed by atoms with Crippen LogP contribution in [0, 0.1) is 11.8 Å². The topological polar surface area (TPSA) is 237 Å². The van der Waals surface area contributed by atoms with E-state index in [2.05, 4.69) is 41.5 Å². The zero-order valence-electron chi connectivity index (χ0n) is 63.4. The summed E-state index contributed by atoms with van der Waals surface area (Å²) in [4.78, 5) is 72.9. The average Bonchev–Trinajstić information content (AvgIpc) is 1.24. The zero-order chi connectivity index (χ0) is 71.4. The van der Waals surface area contributed by atoms with Gasteiger partial charge in [-0.25, -0.2) is 9.13 Å². The van der Waals surface area contributed by atoms with Crippen molar-refractivity contribution in [3.63, 3.8) is 0 Å². The third-order valence-corrected chi connectivity index (χ3v) is 20.5. The van der Waals surface area contributed by atoms with Crippen LogP contribution in [0.2, 0.25) is 0 Å². The normalized spacial score (nSPS) is 14.2. The molecule has 3 N–H and O–H groups in total. The molecule has 0 bridgehead atoms. The molecule has 0 aliphatic rings. The number of unbranched alkanes of at least 4 members (excludes halogenated alkanes) is 46. The Balaban J connectivity index is 5.27. The van der Waals surface area contributed by atoms with Gasteiger partial charge < -0.3 is 33.8 Å². The number of rotatable bonds is 77. The second-order valence-electron chi connectivity index (χ2n) is 28.8. The van der Waals surface area contributed by atoms with E-state index < -0.39 is 97.5 Å². The van der Waals surface area contributed by atoms with Crippen LogP contribution in [-0.4, -0.2) is 96.7 Å². The van der Waals surface area contributed by atoms with E-state index in [0.29, 0.717) is 25.7 Å². The van der Waals surface area contributed by atoms with Gasteiger partial charge in [0, 0.05) is 25.7 Å². The van der Waals surface area contributed by atoms with Crippen LogP contribution in [-0.2, 0) is 65.4 Å². The van der Waals surface area contributed by atoms with E-state index in [-0.39, 0.29) is 25.7 Å². The van der Waals surface area contributed by atoms with Gasteiger partial charge >= 0.3 is 39.5 Å². The Morgan fingerprint density at radius 2 is 0.526 bits per heavy atom. The molecule has 19 heteroatoms. The number of aliphatic hydroxyl groups excluding tert-OH is 1. The summed E-state index contributed by atoms with van der Waals surface area (Å²) < 4.78 is 68.6. The van der Waals surface area contributed by atoms with Gasteiger partial charge in [0.1, 0.15) is 19.3 Å². The molecule has 0 aromatic rings. The van der Waals surface area contributed by atoms with Gasteiger partial charge in [0.25, 0.3) is 0 Å². The highest BCUT2D eigenvalue weighted by Crippen LogP contribution is 2.45. The Bertz CT molecular complexity index is 1870. The van der Waals surface area contributed by atoms with Crippen molar-refractivity contribution in [1.29, 1.82) is 0 Å². The van der Waals surface area contributed by atoms with Crippen LogP contribution in [0.4, 0.5) is 0 Å². The number of esters is 4. The van der Waals surface area contributed by atoms with Crippen molar-refractivity contribution in [1.82, 2.24) is 0 Å². The molecule has 0 amide bonds. The standard InChI is InChI=1S/C78H152O17P2/c1-7-10-12-14-16-18-20-22-26-30-38-44-50-56-62-77(82)94-73(66-88-75(80)60-54-48-42-36-29-21-19-17-15-13-11-8-2)68-92-96(84,85)90-64-72(79)65-91-97(86,87)93-69-74(67-89-76(81)61-55-49-43-37-33-32-35-41-47-53-59-71(6)9-3)95-78(83)63-57-51-45-39-31-27-24-23-25-28-34-40-46-52-58-70(4)5/h70-74,79H,7-69H2,1-6H3,(H,84,85)(H,86,87)/t71?,72-,73+,74+/m0/s1. The number of carbonyl (C=O) groups excluding carboxylic acids is 4. The Morgan fingerprint density at radius 3 is 0.784 bits per heavy atom. The summed E-state index contributed by atoms with van der Waals surface area (Å²) in [7, 11) is -9.92. The molecular formula is C78H152O17P2. The molecule has 17 nitrogen and oxygen atoms in total. The molecular weight excluding hydrogens is 1270 g/mol. The van der Waals surface area contributed by atoms with Crippen molar-refractivity contribution in [3.8, 4) is 0 Å². The van der Waals surface area contributed by atoms with E-state index in [9.17, 15) is 43.2 Å². The number of phosphoric acid groups is 2. The Hall–Kier alpha value is -1.94. The van der Waals surface area contributed by atoms with Gasteiger partial charge in [-0.05, 0) is 37.5 Å². The van der Waals surface area contributed by atoms with Crippen LogP contribution in [0.1, 0.15) is 408 Å². The van der Waals surface area contributed by atoms with Crippen molar-refractivity contribution in [2.24, 2.45) is 11.8 Å². The first kappa shape index (κ1) is 95.1. The zero-order valence-corrected chi connectivity index (χ0v) is 65.2. The van der Waals surface area contributed by atoms with E-state index in [1.807, 2.05) is 0 Å². The summed E-state index contributed by atoms with van der Waals surface area (Å²) in [6, 6.07) is 0. The molecule has 3 unspecified atom stereocenters. The minimum absolute atomic E-state index is 0.108. The first-order valence-corrected chi connectivity index (χ1v) is 43.5. The van der Waals surface area contributed by atoms with Crippen LogP contribution in [0.25, 0.3) is 0 Å². The van der Waals surface area contributed by atoms with Gasteiger partial charge in [-0.1, -0.05) is 356 Å². The van der Waals surface area contributed by atoms with Crippen molar-refractivity contribution >= 4 is 39.5 Å². The van der Waals surface area contributed by atoms with Crippen molar-refractivity contribution < 1.29 is 80.2 Å². The third-order valence-electron chi connectivity index (χ3n) is 18.6. The lowest BCUT2D eigenvalue weighted by atomic mass is 9.99. The fourth-order valence-corrected chi connectivity index (χ4v) is 13.6. The number of hydrogen-bond donors (Lipinski definition) is 3. The van der Waals surface area contributed by atoms with Crippen LogP contribution < -0.4 is 0 Å². The molecule has 0 saturated carbocycles. The summed E-state index contributed by atoms with van der Waals surface area (Å²) in [6.45, 7) is 9.67. The lowest BCUT2D eigenvalue weighted by Crippen LogP contribution is -2.30. The molecule has 0 spiro atoms. The lowest BCUT2D eigenvalue weighted by molar-refractivity contribution is -0.161. The number of aliphatic hydroxyl groups is 1. The fraction of sp³-hybridized carbons (Fsp3) is 0.949. The summed E-state index contributed by atoms with van der Waals surface area (Å²) in [5.41, 5.74) is 0. The van der Waals surface area contributed by atoms with Crippen LogP contribution >= 0.6 is 15.6 Å². The first-order valence-electron chi connectivity index (χ1n) is 40.5. The van der Waals surface area contributed by atoms with Crippen LogP contribution in [0.15, 0.2) is 0 Å². The SMILES string of the molecule is CCCCCCCCCCCCCCCCC(=O)O[C@H](COC(=O)CCCCCCCCCCCCCC)COP(=O)(O)OC[C@H](O)COP(=O)(O)OC[C@@H](COC(=O)CCCCCCCCCCCCC(C)CC)OC(=O)CCCCCCCCCCCCCCCCC(C)C. The molecule has 0 heterocycles. The van der Waals surface area contributed by atoms with Gasteiger partial charge in [0.15, 0.2) is 12.2 Å². The van der Waals surface area contributed by atoms with E-state index >= 15 is 0 Å². The highest BCUT2D eigenvalue weighted by Gasteiger charge is 2.30. The molecule has 6 atom stereocenters. The maximum absolute atomic E-state index is 13.1. The summed E-state index contributed by atoms with van der Waals surface area (Å²) in [6.07, 6.45) is 58.0. The number of carbonyl (C=O) groups is 4. The molecule has 0 aromatic carbocycles. The molecule has 0 aliphatic heterocycles. The van der Waals surface area contributed by atoms with Gasteiger partial charge in [-0.2, -0.15) is 0 Å². The minimum Gasteiger partial charge on any atom is -0.462 e. The van der Waals surface area contributed by atoms with E-state index in [1.54, 1.807) is 0 Å². The predicted octanol–water partition coefficient (Wildman–Crippen LogP) is 23.1. The molecule has 0 fully saturated rings. The van der Waals surface area contributed by atoms with E-state index in [0.717, 1.165) is 102 Å². The van der Waals surface area contributed by atoms with Crippen LogP contribution in [0.3, 0.4) is 0 Å². The second kappa shape index (κ2) is 69.8. The molecule has 576 valence electrons. The lowest BCUT2D eigenvalue weighted by Gasteiger charge is -2.21. The van der Waals surface area contributed by atoms with E-state index in [4.69, 9.17) is 37.0 Å². The number of hydrogen-bond acceptors (Lipinski definition) is 15. The molecule has 0 rings (SSSR count). The van der Waals surface area contributed by atoms with Crippen molar-refractivity contribution in [2.45, 2.75) is 426 Å². The highest BCUT2D eigenvalue weighted by atomic mass is 31.2. The highest BCUT2D eigenvalue weighted by molar-refractivity contribution is 7.47. The first-order chi connectivity index (χ1) is 46.9. The quantitative estimate of drug-likeness (QED) is 0.0222. The maximum Gasteiger partial charge on any atom is 0.472 e. The predicted molar refractivity (Wildman–Crippen MR) is 395 cm³/mol. The summed E-state index contributed by atoms with van der Waals surface area (Å²) in [5.74, 6) is -0.505. The molecule has 0 aliphatic carbocycles. The molecule has 0 radical (unpaired) electrons. The average molecular weight is 1420 g/mol. The Morgan fingerprint density at radius 1 is 0.299 bits per heavy atom. The van der Waals surface area contributed by atoms with Gasteiger partial charge in [-0.15, -0.1) is 0 Å². The monoisotopic (exact) mass is 1420 g/mol. The summed E-state index contributed by atoms with van der Waals surface area (Å²) >= 11 is 0. The van der Waals surface area contributed by atoms with Gasteiger partial charge in [-0.3, -0.25) is 37.3 Å².